The van der Waals surface area contributed by atoms with Crippen LogP contribution in [0.5, 0.6) is 0 Å². The van der Waals surface area contributed by atoms with E-state index >= 15 is 0 Å². The second-order valence-corrected chi connectivity index (χ2v) is 6.04. The predicted molar refractivity (Wildman–Crippen MR) is 84.8 cm³/mol. The van der Waals surface area contributed by atoms with Gasteiger partial charge in [0, 0.05) is 25.3 Å². The summed E-state index contributed by atoms with van der Waals surface area (Å²) in [6, 6.07) is 4.06. The largest absolute Gasteiger partial charge is 0.368 e. The zero-order chi connectivity index (χ0) is 15.8. The Hall–Kier alpha value is -2.64. The van der Waals surface area contributed by atoms with Crippen molar-refractivity contribution in [3.63, 3.8) is 0 Å². The SMILES string of the molecule is Nc1nccc(N2CCCn3nc(C(=O)NC4CC4)cc3C2)n1. The molecule has 0 radical (unpaired) electrons. The minimum Gasteiger partial charge on any atom is -0.368 e. The summed E-state index contributed by atoms with van der Waals surface area (Å²) in [5, 5.41) is 7.44. The molecule has 1 amide bonds. The molecule has 120 valence electrons. The maximum absolute atomic E-state index is 12.2. The third-order valence-corrected chi connectivity index (χ3v) is 4.14. The number of rotatable bonds is 3. The molecule has 0 saturated heterocycles. The second kappa shape index (κ2) is 5.53. The summed E-state index contributed by atoms with van der Waals surface area (Å²) in [5.74, 6) is 0.992. The van der Waals surface area contributed by atoms with Crippen LogP contribution < -0.4 is 16.0 Å². The van der Waals surface area contributed by atoms with Crippen molar-refractivity contribution in [3.05, 3.63) is 29.7 Å². The Labute approximate surface area is 133 Å². The number of hydrogen-bond acceptors (Lipinski definition) is 6. The Kier molecular flexibility index (Phi) is 3.36. The summed E-state index contributed by atoms with van der Waals surface area (Å²) in [5.41, 5.74) is 7.19. The normalized spacial score (nSPS) is 17.5. The fourth-order valence-electron chi connectivity index (χ4n) is 2.80. The van der Waals surface area contributed by atoms with Gasteiger partial charge in [-0.1, -0.05) is 0 Å². The van der Waals surface area contributed by atoms with Crippen LogP contribution in [0.25, 0.3) is 0 Å². The van der Waals surface area contributed by atoms with E-state index in [1.807, 2.05) is 16.8 Å². The Morgan fingerprint density at radius 1 is 1.35 bits per heavy atom. The molecule has 2 aromatic rings. The number of nitrogens with zero attached hydrogens (tertiary/aromatic N) is 5. The van der Waals surface area contributed by atoms with E-state index in [0.717, 1.165) is 43.9 Å². The van der Waals surface area contributed by atoms with E-state index in [-0.39, 0.29) is 11.9 Å². The molecule has 8 nitrogen and oxygen atoms in total. The standard InChI is InChI=1S/C15H19N7O/c16-15-17-5-4-13(19-15)21-6-1-7-22-11(9-21)8-12(20-22)14(23)18-10-2-3-10/h4-5,8,10H,1-3,6-7,9H2,(H,18,23)(H2,16,17,19). The van der Waals surface area contributed by atoms with Gasteiger partial charge in [0.15, 0.2) is 5.69 Å². The Morgan fingerprint density at radius 2 is 2.22 bits per heavy atom. The fraction of sp³-hybridized carbons (Fsp3) is 0.467. The van der Waals surface area contributed by atoms with Crippen LogP contribution in [0, 0.1) is 0 Å². The van der Waals surface area contributed by atoms with Gasteiger partial charge in [0.05, 0.1) is 12.2 Å². The van der Waals surface area contributed by atoms with Gasteiger partial charge in [0.2, 0.25) is 5.95 Å². The molecule has 3 N–H and O–H groups in total. The zero-order valence-electron chi connectivity index (χ0n) is 12.8. The predicted octanol–water partition coefficient (Wildman–Crippen LogP) is 0.558. The number of aryl methyl sites for hydroxylation is 1. The van der Waals surface area contributed by atoms with Crippen LogP contribution in [-0.2, 0) is 13.1 Å². The van der Waals surface area contributed by atoms with Crippen LogP contribution in [-0.4, -0.2) is 38.2 Å². The minimum absolute atomic E-state index is 0.0779. The molecule has 3 heterocycles. The molecule has 4 rings (SSSR count). The first kappa shape index (κ1) is 14.0. The highest BCUT2D eigenvalue weighted by Crippen LogP contribution is 2.21. The number of fused-ring (bicyclic) bond motifs is 1. The summed E-state index contributed by atoms with van der Waals surface area (Å²) in [4.78, 5) is 22.5. The smallest absolute Gasteiger partial charge is 0.272 e. The first-order valence-corrected chi connectivity index (χ1v) is 7.90. The second-order valence-electron chi connectivity index (χ2n) is 6.04. The van der Waals surface area contributed by atoms with Crippen molar-refractivity contribution in [2.75, 3.05) is 17.2 Å². The van der Waals surface area contributed by atoms with Gasteiger partial charge < -0.3 is 16.0 Å². The lowest BCUT2D eigenvalue weighted by atomic mass is 10.3. The summed E-state index contributed by atoms with van der Waals surface area (Å²) in [7, 11) is 0. The van der Waals surface area contributed by atoms with Crippen LogP contribution in [0.1, 0.15) is 35.4 Å². The van der Waals surface area contributed by atoms with Crippen molar-refractivity contribution in [2.24, 2.45) is 0 Å². The van der Waals surface area contributed by atoms with Gasteiger partial charge >= 0.3 is 0 Å². The topological polar surface area (TPSA) is 102 Å². The highest BCUT2D eigenvalue weighted by atomic mass is 16.2. The first-order chi connectivity index (χ1) is 11.2. The number of nitrogens with two attached hydrogens (primary N) is 1. The van der Waals surface area contributed by atoms with Gasteiger partial charge in [0.1, 0.15) is 5.82 Å². The molecule has 0 spiro atoms. The van der Waals surface area contributed by atoms with Gasteiger partial charge in [-0.2, -0.15) is 10.1 Å². The van der Waals surface area contributed by atoms with Crippen LogP contribution >= 0.6 is 0 Å². The number of aromatic nitrogens is 4. The van der Waals surface area contributed by atoms with Gasteiger partial charge in [-0.25, -0.2) is 4.98 Å². The quantitative estimate of drug-likeness (QED) is 0.858. The number of nitrogen functional groups attached to an aromatic ring is 1. The van der Waals surface area contributed by atoms with Crippen molar-refractivity contribution in [1.29, 1.82) is 0 Å². The fourth-order valence-corrected chi connectivity index (χ4v) is 2.80. The van der Waals surface area contributed by atoms with Crippen molar-refractivity contribution < 1.29 is 4.79 Å². The summed E-state index contributed by atoms with van der Waals surface area (Å²) >= 11 is 0. The highest BCUT2D eigenvalue weighted by Gasteiger charge is 2.26. The molecule has 0 unspecified atom stereocenters. The first-order valence-electron chi connectivity index (χ1n) is 7.90. The number of carbonyl (C=O) groups is 1. The van der Waals surface area contributed by atoms with E-state index in [1.54, 1.807) is 6.20 Å². The number of hydrogen-bond donors (Lipinski definition) is 2. The van der Waals surface area contributed by atoms with Gasteiger partial charge in [0.25, 0.3) is 5.91 Å². The Morgan fingerprint density at radius 3 is 3.00 bits per heavy atom. The van der Waals surface area contributed by atoms with Crippen LogP contribution in [0.4, 0.5) is 11.8 Å². The molecule has 0 bridgehead atoms. The van der Waals surface area contributed by atoms with E-state index in [9.17, 15) is 4.79 Å². The lowest BCUT2D eigenvalue weighted by molar-refractivity contribution is 0.0945. The van der Waals surface area contributed by atoms with Gasteiger partial charge in [-0.3, -0.25) is 9.48 Å². The van der Waals surface area contributed by atoms with E-state index in [2.05, 4.69) is 25.3 Å². The van der Waals surface area contributed by atoms with Crippen LogP contribution in [0.15, 0.2) is 18.3 Å². The van der Waals surface area contributed by atoms with Crippen molar-refractivity contribution in [3.8, 4) is 0 Å². The molecular formula is C15H19N7O. The monoisotopic (exact) mass is 313 g/mol. The number of anilines is 2. The molecule has 23 heavy (non-hydrogen) atoms. The Bertz CT molecular complexity index is 737. The highest BCUT2D eigenvalue weighted by molar-refractivity contribution is 5.92. The average molecular weight is 313 g/mol. The van der Waals surface area contributed by atoms with E-state index in [0.29, 0.717) is 18.3 Å². The molecule has 1 aliphatic heterocycles. The third kappa shape index (κ3) is 2.96. The number of amides is 1. The van der Waals surface area contributed by atoms with Gasteiger partial charge in [-0.05, 0) is 31.4 Å². The number of carbonyl (C=O) groups excluding carboxylic acids is 1. The minimum atomic E-state index is -0.0779. The molecule has 8 heteroatoms. The summed E-state index contributed by atoms with van der Waals surface area (Å²) in [6.45, 7) is 2.31. The molecule has 2 aliphatic rings. The third-order valence-electron chi connectivity index (χ3n) is 4.14. The number of nitrogens with one attached hydrogen (secondary N) is 1. The molecule has 1 fully saturated rings. The molecule has 0 aromatic carbocycles. The lowest BCUT2D eigenvalue weighted by Gasteiger charge is -2.20. The maximum atomic E-state index is 12.2. The molecule has 2 aromatic heterocycles. The molecule has 1 aliphatic carbocycles. The van der Waals surface area contributed by atoms with Gasteiger partial charge in [-0.15, -0.1) is 0 Å². The average Bonchev–Trinajstić information content (AvgIpc) is 3.29. The zero-order valence-corrected chi connectivity index (χ0v) is 12.8. The van der Waals surface area contributed by atoms with E-state index in [4.69, 9.17) is 5.73 Å². The Balaban J connectivity index is 1.56. The van der Waals surface area contributed by atoms with E-state index in [1.165, 1.54) is 0 Å². The molecule has 0 atom stereocenters. The van der Waals surface area contributed by atoms with Crippen molar-refractivity contribution in [1.82, 2.24) is 25.1 Å². The van der Waals surface area contributed by atoms with Crippen LogP contribution in [0.2, 0.25) is 0 Å². The van der Waals surface area contributed by atoms with Crippen molar-refractivity contribution >= 4 is 17.7 Å². The molecular weight excluding hydrogens is 294 g/mol. The lowest BCUT2D eigenvalue weighted by Crippen LogP contribution is -2.26. The maximum Gasteiger partial charge on any atom is 0.272 e. The summed E-state index contributed by atoms with van der Waals surface area (Å²) in [6.07, 6.45) is 4.74. The van der Waals surface area contributed by atoms with E-state index < -0.39 is 0 Å². The van der Waals surface area contributed by atoms with Crippen molar-refractivity contribution in [2.45, 2.75) is 38.4 Å². The molecule has 1 saturated carbocycles. The van der Waals surface area contributed by atoms with Crippen LogP contribution in [0.3, 0.4) is 0 Å². The summed E-state index contributed by atoms with van der Waals surface area (Å²) < 4.78 is 1.92.